The smallest absolute Gasteiger partial charge is 0.162 e. The molecular weight excluding hydrogens is 254 g/mol. The van der Waals surface area contributed by atoms with Gasteiger partial charge in [0.1, 0.15) is 6.10 Å². The molecule has 104 valence electrons. The van der Waals surface area contributed by atoms with Crippen molar-refractivity contribution in [3.05, 3.63) is 41.7 Å². The molecule has 0 radical (unpaired) electrons. The summed E-state index contributed by atoms with van der Waals surface area (Å²) >= 11 is 0. The van der Waals surface area contributed by atoms with Crippen LogP contribution in [-0.2, 0) is 11.3 Å². The second-order valence-electron chi connectivity index (χ2n) is 5.24. The van der Waals surface area contributed by atoms with E-state index in [0.29, 0.717) is 0 Å². The maximum Gasteiger partial charge on any atom is 0.162 e. The van der Waals surface area contributed by atoms with Gasteiger partial charge >= 0.3 is 0 Å². The Morgan fingerprint density at radius 1 is 1.20 bits per heavy atom. The highest BCUT2D eigenvalue weighted by atomic mass is 16.5. The Hall–Kier alpha value is -1.79. The van der Waals surface area contributed by atoms with Crippen LogP contribution in [0.25, 0.3) is 0 Å². The van der Waals surface area contributed by atoms with Gasteiger partial charge in [0.2, 0.25) is 0 Å². The topological polar surface area (TPSA) is 64.9 Å². The van der Waals surface area contributed by atoms with Crippen molar-refractivity contribution in [2.24, 2.45) is 0 Å². The van der Waals surface area contributed by atoms with Crippen LogP contribution in [0.2, 0.25) is 0 Å². The first-order valence-electron chi connectivity index (χ1n) is 7.11. The average Bonchev–Trinajstić information content (AvgIpc) is 3.16. The minimum Gasteiger partial charge on any atom is -0.370 e. The quantitative estimate of drug-likeness (QED) is 0.889. The van der Waals surface area contributed by atoms with Gasteiger partial charge in [0.05, 0.1) is 6.04 Å². The normalized spacial score (nSPS) is 25.6. The molecule has 0 aliphatic carbocycles. The molecule has 2 aromatic rings. The van der Waals surface area contributed by atoms with E-state index in [4.69, 9.17) is 4.74 Å². The molecule has 0 amide bonds. The average molecular weight is 271 g/mol. The molecule has 4 rings (SSSR count). The molecule has 4 heterocycles. The zero-order valence-electron chi connectivity index (χ0n) is 11.2. The Morgan fingerprint density at radius 3 is 2.85 bits per heavy atom. The van der Waals surface area contributed by atoms with E-state index < -0.39 is 0 Å². The second-order valence-corrected chi connectivity index (χ2v) is 5.24. The van der Waals surface area contributed by atoms with Crippen LogP contribution in [0, 0.1) is 0 Å². The number of nitrogens with zero attached hydrogens (tertiary/aromatic N) is 4. The van der Waals surface area contributed by atoms with Gasteiger partial charge < -0.3 is 14.6 Å². The Morgan fingerprint density at radius 2 is 2.05 bits per heavy atom. The van der Waals surface area contributed by atoms with Crippen molar-refractivity contribution in [2.45, 2.75) is 31.5 Å². The largest absolute Gasteiger partial charge is 0.370 e. The number of hydrogen-bond donors (Lipinski definition) is 1. The van der Waals surface area contributed by atoms with E-state index in [1.165, 1.54) is 5.56 Å². The molecule has 2 aliphatic rings. The van der Waals surface area contributed by atoms with Gasteiger partial charge in [0.15, 0.2) is 11.6 Å². The molecule has 2 aliphatic heterocycles. The number of pyridine rings is 1. The predicted molar refractivity (Wildman–Crippen MR) is 72.0 cm³/mol. The van der Waals surface area contributed by atoms with E-state index in [1.807, 2.05) is 24.5 Å². The Labute approximate surface area is 117 Å². The summed E-state index contributed by atoms with van der Waals surface area (Å²) in [5, 5.41) is 12.3. The summed E-state index contributed by atoms with van der Waals surface area (Å²) < 4.78 is 7.97. The molecule has 0 aromatic carbocycles. The van der Waals surface area contributed by atoms with Crippen LogP contribution < -0.4 is 5.32 Å². The third kappa shape index (κ3) is 1.92. The van der Waals surface area contributed by atoms with E-state index >= 15 is 0 Å². The molecule has 6 nitrogen and oxygen atoms in total. The summed E-state index contributed by atoms with van der Waals surface area (Å²) in [4.78, 5) is 4.07. The van der Waals surface area contributed by atoms with Crippen molar-refractivity contribution in [3.63, 3.8) is 0 Å². The highest BCUT2D eigenvalue weighted by Crippen LogP contribution is 2.31. The number of nitrogens with one attached hydrogen (secondary N) is 1. The first-order chi connectivity index (χ1) is 9.93. The van der Waals surface area contributed by atoms with Gasteiger partial charge in [-0.05, 0) is 30.5 Å². The molecule has 2 aromatic heterocycles. The predicted octanol–water partition coefficient (Wildman–Crippen LogP) is 1.22. The van der Waals surface area contributed by atoms with Gasteiger partial charge in [0, 0.05) is 32.1 Å². The van der Waals surface area contributed by atoms with Crippen LogP contribution in [0.15, 0.2) is 24.5 Å². The number of ether oxygens (including phenoxy) is 1. The lowest BCUT2D eigenvalue weighted by molar-refractivity contribution is 0.101. The first-order valence-corrected chi connectivity index (χ1v) is 7.11. The Kier molecular flexibility index (Phi) is 2.97. The summed E-state index contributed by atoms with van der Waals surface area (Å²) in [6.07, 6.45) is 5.90. The molecule has 20 heavy (non-hydrogen) atoms. The first kappa shape index (κ1) is 12.0. The van der Waals surface area contributed by atoms with Crippen molar-refractivity contribution in [2.75, 3.05) is 13.2 Å². The van der Waals surface area contributed by atoms with Gasteiger partial charge in [-0.2, -0.15) is 0 Å². The van der Waals surface area contributed by atoms with Gasteiger partial charge in [0.25, 0.3) is 0 Å². The van der Waals surface area contributed by atoms with Crippen LogP contribution >= 0.6 is 0 Å². The van der Waals surface area contributed by atoms with E-state index in [0.717, 1.165) is 44.2 Å². The molecule has 1 saturated heterocycles. The van der Waals surface area contributed by atoms with Crippen molar-refractivity contribution in [1.82, 2.24) is 25.1 Å². The monoisotopic (exact) mass is 271 g/mol. The summed E-state index contributed by atoms with van der Waals surface area (Å²) in [7, 11) is 0. The summed E-state index contributed by atoms with van der Waals surface area (Å²) in [5.74, 6) is 1.96. The van der Waals surface area contributed by atoms with Gasteiger partial charge in [-0.15, -0.1) is 10.2 Å². The van der Waals surface area contributed by atoms with Crippen molar-refractivity contribution in [3.8, 4) is 0 Å². The Bertz CT molecular complexity index is 591. The van der Waals surface area contributed by atoms with Crippen LogP contribution in [0.3, 0.4) is 0 Å². The SMILES string of the molecule is c1cc(C2NCCn3c(C4CCCO4)nnc32)ccn1. The van der Waals surface area contributed by atoms with Crippen LogP contribution in [0.5, 0.6) is 0 Å². The molecule has 2 atom stereocenters. The zero-order chi connectivity index (χ0) is 13.4. The van der Waals surface area contributed by atoms with Crippen molar-refractivity contribution in [1.29, 1.82) is 0 Å². The zero-order valence-corrected chi connectivity index (χ0v) is 11.2. The Balaban J connectivity index is 1.71. The molecule has 1 N–H and O–H groups in total. The van der Waals surface area contributed by atoms with Crippen molar-refractivity contribution >= 4 is 0 Å². The molecule has 0 bridgehead atoms. The standard InChI is InChI=1S/C14H17N5O/c1-2-11(20-9-1)13-17-18-14-12(16-7-8-19(13)14)10-3-5-15-6-4-10/h3-6,11-12,16H,1-2,7-9H2. The molecule has 0 saturated carbocycles. The van der Waals surface area contributed by atoms with Crippen molar-refractivity contribution < 1.29 is 4.74 Å². The molecule has 1 fully saturated rings. The number of aromatic nitrogens is 4. The lowest BCUT2D eigenvalue weighted by atomic mass is 10.1. The van der Waals surface area contributed by atoms with Gasteiger partial charge in [-0.3, -0.25) is 4.98 Å². The molecular formula is C14H17N5O. The fourth-order valence-corrected chi connectivity index (χ4v) is 3.02. The third-order valence-electron chi connectivity index (χ3n) is 4.01. The molecule has 2 unspecified atom stereocenters. The molecule has 6 heteroatoms. The fraction of sp³-hybridized carbons (Fsp3) is 0.500. The lowest BCUT2D eigenvalue weighted by Gasteiger charge is -2.26. The van der Waals surface area contributed by atoms with Gasteiger partial charge in [-0.25, -0.2) is 0 Å². The third-order valence-corrected chi connectivity index (χ3v) is 4.01. The van der Waals surface area contributed by atoms with Crippen LogP contribution in [0.1, 0.15) is 42.2 Å². The maximum atomic E-state index is 5.75. The van der Waals surface area contributed by atoms with E-state index in [1.54, 1.807) is 0 Å². The summed E-state index contributed by atoms with van der Waals surface area (Å²) in [6, 6.07) is 4.14. The number of rotatable bonds is 2. The number of hydrogen-bond acceptors (Lipinski definition) is 5. The minimum absolute atomic E-state index is 0.0920. The highest BCUT2D eigenvalue weighted by Gasteiger charge is 2.30. The van der Waals surface area contributed by atoms with E-state index in [9.17, 15) is 0 Å². The minimum atomic E-state index is 0.0920. The fourth-order valence-electron chi connectivity index (χ4n) is 3.02. The lowest BCUT2D eigenvalue weighted by Crippen LogP contribution is -2.35. The second kappa shape index (κ2) is 4.96. The number of fused-ring (bicyclic) bond motifs is 1. The van der Waals surface area contributed by atoms with Crippen LogP contribution in [-0.4, -0.2) is 32.9 Å². The van der Waals surface area contributed by atoms with E-state index in [2.05, 4.69) is 25.1 Å². The van der Waals surface area contributed by atoms with E-state index in [-0.39, 0.29) is 12.1 Å². The maximum absolute atomic E-state index is 5.75. The molecule has 0 spiro atoms. The summed E-state index contributed by atoms with van der Waals surface area (Å²) in [6.45, 7) is 2.65. The van der Waals surface area contributed by atoms with Crippen LogP contribution in [0.4, 0.5) is 0 Å². The summed E-state index contributed by atoms with van der Waals surface area (Å²) in [5.41, 5.74) is 1.17. The highest BCUT2D eigenvalue weighted by molar-refractivity contribution is 5.24. The van der Waals surface area contributed by atoms with Gasteiger partial charge in [-0.1, -0.05) is 0 Å².